The smallest absolute Gasteiger partial charge is 0.239 e. The minimum Gasteiger partial charge on any atom is -0.383 e. The summed E-state index contributed by atoms with van der Waals surface area (Å²) in [6.45, 7) is 3.24. The van der Waals surface area contributed by atoms with E-state index in [0.717, 1.165) is 0 Å². The summed E-state index contributed by atoms with van der Waals surface area (Å²) in [4.78, 5) is 13.3. The standard InChI is InChI=1S/C10H19N3O2/c1-3-9(12)10(14)13(6-4-5-11)7-8-15-2/h9H,3-4,6-8,12H2,1-2H3/t9-/m1/s1. The number of carbonyl (C=O) groups excluding carboxylic acids is 1. The van der Waals surface area contributed by atoms with Crippen molar-refractivity contribution in [1.29, 1.82) is 5.26 Å². The number of nitrogens with two attached hydrogens (primary N) is 1. The average Bonchev–Trinajstić information content (AvgIpc) is 2.27. The lowest BCUT2D eigenvalue weighted by atomic mass is 10.2. The van der Waals surface area contributed by atoms with Gasteiger partial charge in [-0.2, -0.15) is 5.26 Å². The van der Waals surface area contributed by atoms with E-state index in [-0.39, 0.29) is 5.91 Å². The maximum absolute atomic E-state index is 11.7. The van der Waals surface area contributed by atoms with E-state index in [2.05, 4.69) is 0 Å². The van der Waals surface area contributed by atoms with Crippen LogP contribution in [0.4, 0.5) is 0 Å². The van der Waals surface area contributed by atoms with Crippen molar-refractivity contribution in [2.24, 2.45) is 5.73 Å². The minimum atomic E-state index is -0.472. The van der Waals surface area contributed by atoms with Gasteiger partial charge in [-0.15, -0.1) is 0 Å². The minimum absolute atomic E-state index is 0.107. The number of carbonyl (C=O) groups is 1. The lowest BCUT2D eigenvalue weighted by molar-refractivity contribution is -0.133. The summed E-state index contributed by atoms with van der Waals surface area (Å²) in [7, 11) is 1.58. The first-order valence-electron chi connectivity index (χ1n) is 5.07. The van der Waals surface area contributed by atoms with E-state index >= 15 is 0 Å². The Labute approximate surface area is 90.8 Å². The van der Waals surface area contributed by atoms with E-state index < -0.39 is 6.04 Å². The van der Waals surface area contributed by atoms with Gasteiger partial charge in [-0.1, -0.05) is 6.92 Å². The molecule has 0 saturated heterocycles. The lowest BCUT2D eigenvalue weighted by Crippen LogP contribution is -2.45. The van der Waals surface area contributed by atoms with E-state index in [9.17, 15) is 4.79 Å². The fourth-order valence-corrected chi connectivity index (χ4v) is 1.13. The fraction of sp³-hybridized carbons (Fsp3) is 0.800. The third kappa shape index (κ3) is 5.35. The molecular weight excluding hydrogens is 194 g/mol. The van der Waals surface area contributed by atoms with Gasteiger partial charge < -0.3 is 15.4 Å². The second-order valence-corrected chi connectivity index (χ2v) is 3.24. The molecule has 0 aromatic rings. The van der Waals surface area contributed by atoms with Crippen LogP contribution in [0.15, 0.2) is 0 Å². The molecule has 0 saturated carbocycles. The molecule has 0 rings (SSSR count). The predicted molar refractivity (Wildman–Crippen MR) is 57.0 cm³/mol. The zero-order valence-corrected chi connectivity index (χ0v) is 9.40. The molecule has 0 fully saturated rings. The van der Waals surface area contributed by atoms with Crippen molar-refractivity contribution in [3.05, 3.63) is 0 Å². The van der Waals surface area contributed by atoms with Crippen molar-refractivity contribution in [2.45, 2.75) is 25.8 Å². The van der Waals surface area contributed by atoms with Crippen molar-refractivity contribution in [2.75, 3.05) is 26.8 Å². The Balaban J connectivity index is 4.20. The number of hydrogen-bond acceptors (Lipinski definition) is 4. The molecule has 86 valence electrons. The fourth-order valence-electron chi connectivity index (χ4n) is 1.13. The van der Waals surface area contributed by atoms with Gasteiger partial charge in [0.15, 0.2) is 0 Å². The van der Waals surface area contributed by atoms with Crippen molar-refractivity contribution in [1.82, 2.24) is 4.90 Å². The Hall–Kier alpha value is -1.12. The first-order chi connectivity index (χ1) is 7.17. The molecule has 0 radical (unpaired) electrons. The van der Waals surface area contributed by atoms with Crippen molar-refractivity contribution < 1.29 is 9.53 Å². The molecule has 5 heteroatoms. The van der Waals surface area contributed by atoms with Crippen LogP contribution in [0.25, 0.3) is 0 Å². The molecule has 1 atom stereocenters. The Kier molecular flexibility index (Phi) is 7.60. The highest BCUT2D eigenvalue weighted by molar-refractivity contribution is 5.81. The maximum atomic E-state index is 11.7. The zero-order valence-electron chi connectivity index (χ0n) is 9.40. The number of nitrogens with zero attached hydrogens (tertiary/aromatic N) is 2. The van der Waals surface area contributed by atoms with Crippen LogP contribution >= 0.6 is 0 Å². The van der Waals surface area contributed by atoms with Crippen LogP contribution in [0, 0.1) is 11.3 Å². The van der Waals surface area contributed by atoms with Crippen LogP contribution in [-0.4, -0.2) is 43.7 Å². The van der Waals surface area contributed by atoms with E-state index in [4.69, 9.17) is 15.7 Å². The summed E-state index contributed by atoms with van der Waals surface area (Å²) < 4.78 is 4.90. The summed E-state index contributed by atoms with van der Waals surface area (Å²) in [6.07, 6.45) is 0.931. The number of hydrogen-bond donors (Lipinski definition) is 1. The quantitative estimate of drug-likeness (QED) is 0.651. The van der Waals surface area contributed by atoms with E-state index in [1.54, 1.807) is 12.0 Å². The van der Waals surface area contributed by atoms with E-state index in [1.165, 1.54) is 0 Å². The third-order valence-corrected chi connectivity index (χ3v) is 2.13. The molecular formula is C10H19N3O2. The Morgan fingerprint density at radius 1 is 1.60 bits per heavy atom. The molecule has 1 amide bonds. The molecule has 0 aromatic heterocycles. The molecule has 0 aliphatic heterocycles. The number of ether oxygens (including phenoxy) is 1. The van der Waals surface area contributed by atoms with Gasteiger partial charge in [-0.05, 0) is 6.42 Å². The van der Waals surface area contributed by atoms with Gasteiger partial charge in [0, 0.05) is 20.2 Å². The van der Waals surface area contributed by atoms with Gasteiger partial charge in [-0.3, -0.25) is 4.79 Å². The first kappa shape index (κ1) is 13.9. The predicted octanol–water partition coefficient (Wildman–Crippen LogP) is 0.112. The van der Waals surface area contributed by atoms with Gasteiger partial charge >= 0.3 is 0 Å². The molecule has 0 heterocycles. The van der Waals surface area contributed by atoms with Gasteiger partial charge in [-0.25, -0.2) is 0 Å². The molecule has 0 aromatic carbocycles. The van der Waals surface area contributed by atoms with Gasteiger partial charge in [0.1, 0.15) is 0 Å². The summed E-state index contributed by atoms with van der Waals surface area (Å²) in [6, 6.07) is 1.54. The van der Waals surface area contributed by atoms with Crippen LogP contribution in [0.3, 0.4) is 0 Å². The average molecular weight is 213 g/mol. The van der Waals surface area contributed by atoms with Crippen LogP contribution in [0.5, 0.6) is 0 Å². The summed E-state index contributed by atoms with van der Waals surface area (Å²) >= 11 is 0. The molecule has 15 heavy (non-hydrogen) atoms. The maximum Gasteiger partial charge on any atom is 0.239 e. The van der Waals surface area contributed by atoms with Crippen molar-refractivity contribution in [3.63, 3.8) is 0 Å². The second kappa shape index (κ2) is 8.21. The van der Waals surface area contributed by atoms with E-state index in [1.807, 2.05) is 13.0 Å². The highest BCUT2D eigenvalue weighted by Gasteiger charge is 2.18. The van der Waals surface area contributed by atoms with Crippen LogP contribution in [0.2, 0.25) is 0 Å². The molecule has 0 unspecified atom stereocenters. The second-order valence-electron chi connectivity index (χ2n) is 3.24. The first-order valence-corrected chi connectivity index (χ1v) is 5.07. The molecule has 0 aliphatic rings. The van der Waals surface area contributed by atoms with Gasteiger partial charge in [0.05, 0.1) is 25.1 Å². The topological polar surface area (TPSA) is 79.4 Å². The Bertz CT molecular complexity index is 225. The van der Waals surface area contributed by atoms with Crippen LogP contribution in [0.1, 0.15) is 19.8 Å². The molecule has 2 N–H and O–H groups in total. The SMILES string of the molecule is CC[C@@H](N)C(=O)N(CCC#N)CCOC. The van der Waals surface area contributed by atoms with Gasteiger partial charge in [0.2, 0.25) is 5.91 Å². The third-order valence-electron chi connectivity index (χ3n) is 2.13. The highest BCUT2D eigenvalue weighted by Crippen LogP contribution is 1.98. The zero-order chi connectivity index (χ0) is 11.7. The number of methoxy groups -OCH3 is 1. The number of amides is 1. The monoisotopic (exact) mass is 213 g/mol. The Morgan fingerprint density at radius 3 is 2.73 bits per heavy atom. The number of nitriles is 1. The summed E-state index contributed by atoms with van der Waals surface area (Å²) in [5.74, 6) is -0.107. The Morgan fingerprint density at radius 2 is 2.27 bits per heavy atom. The number of rotatable bonds is 7. The largest absolute Gasteiger partial charge is 0.383 e. The summed E-state index contributed by atoms with van der Waals surface area (Å²) in [5, 5.41) is 8.47. The lowest BCUT2D eigenvalue weighted by Gasteiger charge is -2.24. The van der Waals surface area contributed by atoms with Crippen LogP contribution < -0.4 is 5.73 Å². The summed E-state index contributed by atoms with van der Waals surface area (Å²) in [5.41, 5.74) is 5.65. The van der Waals surface area contributed by atoms with E-state index in [0.29, 0.717) is 32.5 Å². The van der Waals surface area contributed by atoms with Crippen LogP contribution in [-0.2, 0) is 9.53 Å². The molecule has 5 nitrogen and oxygen atoms in total. The van der Waals surface area contributed by atoms with Gasteiger partial charge in [0.25, 0.3) is 0 Å². The van der Waals surface area contributed by atoms with Crippen molar-refractivity contribution in [3.8, 4) is 6.07 Å². The molecule has 0 aliphatic carbocycles. The normalized spacial score (nSPS) is 11.9. The molecule has 0 bridgehead atoms. The molecule has 0 spiro atoms. The highest BCUT2D eigenvalue weighted by atomic mass is 16.5. The van der Waals surface area contributed by atoms with Crippen molar-refractivity contribution >= 4 is 5.91 Å².